The monoisotopic (exact) mass is 355 g/mol. The Kier molecular flexibility index (Phi) is 6.84. The second kappa shape index (κ2) is 8.64. The maximum atomic E-state index is 5.89. The van der Waals surface area contributed by atoms with Crippen molar-refractivity contribution in [1.82, 2.24) is 4.90 Å². The van der Waals surface area contributed by atoms with Crippen LogP contribution in [0.5, 0.6) is 11.5 Å². The third-order valence-electron chi connectivity index (χ3n) is 4.10. The summed E-state index contributed by atoms with van der Waals surface area (Å²) in [4.78, 5) is 3.13. The summed E-state index contributed by atoms with van der Waals surface area (Å²) in [7, 11) is 0. The van der Waals surface area contributed by atoms with Crippen molar-refractivity contribution in [1.29, 1.82) is 0 Å². The summed E-state index contributed by atoms with van der Waals surface area (Å²) in [6.45, 7) is 8.98. The molecule has 0 radical (unpaired) electrons. The Morgan fingerprint density at radius 2 is 1.81 bits per heavy atom. The first-order chi connectivity index (χ1) is 10.2. The van der Waals surface area contributed by atoms with E-state index >= 15 is 0 Å². The van der Waals surface area contributed by atoms with Crippen molar-refractivity contribution >= 4 is 15.9 Å². The second-order valence-corrected chi connectivity index (χ2v) is 7.03. The molecule has 0 aromatic heterocycles. The van der Waals surface area contributed by atoms with Crippen LogP contribution in [-0.4, -0.2) is 42.6 Å². The Morgan fingerprint density at radius 1 is 1.19 bits per heavy atom. The van der Waals surface area contributed by atoms with Crippen LogP contribution < -0.4 is 9.47 Å². The number of alkyl halides is 1. The molecule has 1 unspecified atom stereocenters. The molecule has 1 fully saturated rings. The van der Waals surface area contributed by atoms with Gasteiger partial charge in [-0.3, -0.25) is 4.90 Å². The molecule has 1 aliphatic rings. The lowest BCUT2D eigenvalue weighted by atomic mass is 9.94. The van der Waals surface area contributed by atoms with E-state index in [1.807, 2.05) is 31.2 Å². The van der Waals surface area contributed by atoms with Crippen LogP contribution >= 0.6 is 15.9 Å². The standard InChI is InChI=1S/C17H26BrNO2/c1-3-20-16-6-4-5-7-17(16)21-13-12-19-10-8-15(9-11-19)14(2)18/h4-7,14-15H,3,8-13H2,1-2H3. The van der Waals surface area contributed by atoms with Gasteiger partial charge in [0.1, 0.15) is 6.61 Å². The number of ether oxygens (including phenoxy) is 2. The molecule has 1 atom stereocenters. The first-order valence-corrected chi connectivity index (χ1v) is 8.83. The topological polar surface area (TPSA) is 21.7 Å². The maximum Gasteiger partial charge on any atom is 0.161 e. The first-order valence-electron chi connectivity index (χ1n) is 7.91. The van der Waals surface area contributed by atoms with Crippen LogP contribution in [0.4, 0.5) is 0 Å². The average molecular weight is 356 g/mol. The van der Waals surface area contributed by atoms with Crippen molar-refractivity contribution in [2.45, 2.75) is 31.5 Å². The number of para-hydroxylation sites is 2. The molecule has 4 heteroatoms. The highest BCUT2D eigenvalue weighted by molar-refractivity contribution is 9.09. The van der Waals surface area contributed by atoms with E-state index in [9.17, 15) is 0 Å². The Morgan fingerprint density at radius 3 is 2.38 bits per heavy atom. The van der Waals surface area contributed by atoms with E-state index < -0.39 is 0 Å². The van der Waals surface area contributed by atoms with Crippen molar-refractivity contribution in [2.75, 3.05) is 32.8 Å². The fraction of sp³-hybridized carbons (Fsp3) is 0.647. The molecule has 1 aromatic carbocycles. The van der Waals surface area contributed by atoms with Gasteiger partial charge in [0.25, 0.3) is 0 Å². The molecule has 0 spiro atoms. The van der Waals surface area contributed by atoms with Crippen LogP contribution in [-0.2, 0) is 0 Å². The SMILES string of the molecule is CCOc1ccccc1OCCN1CCC(C(C)Br)CC1. The Balaban J connectivity index is 1.73. The van der Waals surface area contributed by atoms with Crippen LogP contribution in [0.3, 0.4) is 0 Å². The summed E-state index contributed by atoms with van der Waals surface area (Å²) < 4.78 is 11.5. The number of piperidine rings is 1. The molecule has 0 amide bonds. The largest absolute Gasteiger partial charge is 0.490 e. The molecular weight excluding hydrogens is 330 g/mol. The predicted octanol–water partition coefficient (Wildman–Crippen LogP) is 3.96. The summed E-state index contributed by atoms with van der Waals surface area (Å²) in [5.41, 5.74) is 0. The highest BCUT2D eigenvalue weighted by atomic mass is 79.9. The van der Waals surface area contributed by atoms with Crippen molar-refractivity contribution in [2.24, 2.45) is 5.92 Å². The molecule has 21 heavy (non-hydrogen) atoms. The molecular formula is C17H26BrNO2. The van der Waals surface area contributed by atoms with E-state index in [4.69, 9.17) is 9.47 Å². The van der Waals surface area contributed by atoms with E-state index in [1.54, 1.807) is 0 Å². The lowest BCUT2D eigenvalue weighted by Gasteiger charge is -2.33. The molecule has 0 bridgehead atoms. The highest BCUT2D eigenvalue weighted by Crippen LogP contribution is 2.27. The minimum Gasteiger partial charge on any atom is -0.490 e. The zero-order valence-electron chi connectivity index (χ0n) is 13.1. The van der Waals surface area contributed by atoms with Gasteiger partial charge in [-0.1, -0.05) is 35.0 Å². The number of benzene rings is 1. The van der Waals surface area contributed by atoms with Gasteiger partial charge in [0.05, 0.1) is 6.61 Å². The lowest BCUT2D eigenvalue weighted by molar-refractivity contribution is 0.153. The Bertz CT molecular complexity index is 417. The van der Waals surface area contributed by atoms with Crippen LogP contribution in [0, 0.1) is 5.92 Å². The van der Waals surface area contributed by atoms with Gasteiger partial charge in [-0.25, -0.2) is 0 Å². The van der Waals surface area contributed by atoms with Gasteiger partial charge in [-0.05, 0) is 50.9 Å². The van der Waals surface area contributed by atoms with Gasteiger partial charge in [0.15, 0.2) is 11.5 Å². The third kappa shape index (κ3) is 5.19. The van der Waals surface area contributed by atoms with E-state index in [1.165, 1.54) is 25.9 Å². The maximum absolute atomic E-state index is 5.89. The van der Waals surface area contributed by atoms with Crippen molar-refractivity contribution in [3.8, 4) is 11.5 Å². The van der Waals surface area contributed by atoms with Crippen LogP contribution in [0.15, 0.2) is 24.3 Å². The highest BCUT2D eigenvalue weighted by Gasteiger charge is 2.22. The molecule has 3 nitrogen and oxygen atoms in total. The van der Waals surface area contributed by atoms with Crippen LogP contribution in [0.2, 0.25) is 0 Å². The summed E-state index contributed by atoms with van der Waals surface area (Å²) in [5, 5.41) is 0. The fourth-order valence-corrected chi connectivity index (χ4v) is 3.29. The number of hydrogen-bond acceptors (Lipinski definition) is 3. The Hall–Kier alpha value is -0.740. The zero-order valence-corrected chi connectivity index (χ0v) is 14.6. The molecule has 0 aliphatic carbocycles. The van der Waals surface area contributed by atoms with Gasteiger partial charge in [-0.2, -0.15) is 0 Å². The molecule has 1 heterocycles. The number of rotatable bonds is 7. The lowest BCUT2D eigenvalue weighted by Crippen LogP contribution is -2.38. The van der Waals surface area contributed by atoms with Gasteiger partial charge in [0, 0.05) is 11.4 Å². The quantitative estimate of drug-likeness (QED) is 0.691. The number of hydrogen-bond donors (Lipinski definition) is 0. The van der Waals surface area contributed by atoms with Crippen LogP contribution in [0.25, 0.3) is 0 Å². The minimum atomic E-state index is 0.633. The molecule has 118 valence electrons. The molecule has 0 saturated carbocycles. The molecule has 1 aliphatic heterocycles. The van der Waals surface area contributed by atoms with Gasteiger partial charge in [-0.15, -0.1) is 0 Å². The Labute approximate surface area is 136 Å². The number of likely N-dealkylation sites (tertiary alicyclic amines) is 1. The smallest absolute Gasteiger partial charge is 0.161 e. The van der Waals surface area contributed by atoms with Crippen LogP contribution in [0.1, 0.15) is 26.7 Å². The first kappa shape index (κ1) is 16.6. The van der Waals surface area contributed by atoms with E-state index in [0.29, 0.717) is 11.4 Å². The van der Waals surface area contributed by atoms with Crippen molar-refractivity contribution < 1.29 is 9.47 Å². The molecule has 1 saturated heterocycles. The number of halogens is 1. The van der Waals surface area contributed by atoms with E-state index in [2.05, 4.69) is 27.8 Å². The second-order valence-electron chi connectivity index (χ2n) is 5.58. The molecule has 2 rings (SSSR count). The zero-order chi connectivity index (χ0) is 15.1. The summed E-state index contributed by atoms with van der Waals surface area (Å²) >= 11 is 3.70. The fourth-order valence-electron chi connectivity index (χ4n) is 2.76. The molecule has 1 aromatic rings. The normalized spacial score (nSPS) is 18.4. The number of nitrogens with zero attached hydrogens (tertiary/aromatic N) is 1. The summed E-state index contributed by atoms with van der Waals surface area (Å²) in [5.74, 6) is 2.51. The average Bonchev–Trinajstić information content (AvgIpc) is 2.50. The van der Waals surface area contributed by atoms with E-state index in [-0.39, 0.29) is 0 Å². The molecule has 0 N–H and O–H groups in total. The minimum absolute atomic E-state index is 0.633. The predicted molar refractivity (Wildman–Crippen MR) is 90.7 cm³/mol. The summed E-state index contributed by atoms with van der Waals surface area (Å²) in [6, 6.07) is 7.90. The van der Waals surface area contributed by atoms with Gasteiger partial charge < -0.3 is 9.47 Å². The van der Waals surface area contributed by atoms with Crippen molar-refractivity contribution in [3.05, 3.63) is 24.3 Å². The van der Waals surface area contributed by atoms with Crippen molar-refractivity contribution in [3.63, 3.8) is 0 Å². The third-order valence-corrected chi connectivity index (χ3v) is 4.84. The van der Waals surface area contributed by atoms with Gasteiger partial charge in [0.2, 0.25) is 0 Å². The van der Waals surface area contributed by atoms with E-state index in [0.717, 1.165) is 30.6 Å². The van der Waals surface area contributed by atoms with Gasteiger partial charge >= 0.3 is 0 Å². The summed E-state index contributed by atoms with van der Waals surface area (Å²) in [6.07, 6.45) is 2.56.